The average molecular weight is 280 g/mol. The largest absolute Gasteiger partial charge is 0.391 e. The van der Waals surface area contributed by atoms with Crippen LogP contribution in [-0.2, 0) is 13.0 Å². The number of thiazole rings is 1. The Morgan fingerprint density at radius 2 is 1.89 bits per heavy atom. The van der Waals surface area contributed by atoms with E-state index in [9.17, 15) is 5.11 Å². The van der Waals surface area contributed by atoms with Gasteiger partial charge in [0.25, 0.3) is 0 Å². The normalized spacial score (nSPS) is 22.3. The van der Waals surface area contributed by atoms with E-state index >= 15 is 0 Å². The van der Waals surface area contributed by atoms with Gasteiger partial charge in [0.15, 0.2) is 5.13 Å². The van der Waals surface area contributed by atoms with Crippen LogP contribution in [0, 0.1) is 5.41 Å². The summed E-state index contributed by atoms with van der Waals surface area (Å²) in [5.74, 6) is 0. The molecule has 1 N–H and O–H groups in total. The molecule has 19 heavy (non-hydrogen) atoms. The Balaban J connectivity index is 1.69. The number of aromatic nitrogens is 1. The van der Waals surface area contributed by atoms with Crippen molar-refractivity contribution >= 4 is 16.5 Å². The van der Waals surface area contributed by atoms with Crippen LogP contribution in [0.4, 0.5) is 5.13 Å². The highest BCUT2D eigenvalue weighted by Crippen LogP contribution is 2.47. The zero-order valence-corrected chi connectivity index (χ0v) is 12.6. The zero-order valence-electron chi connectivity index (χ0n) is 11.8. The average Bonchev–Trinajstić information content (AvgIpc) is 3.06. The van der Waals surface area contributed by atoms with Gasteiger partial charge >= 0.3 is 0 Å². The summed E-state index contributed by atoms with van der Waals surface area (Å²) in [5.41, 5.74) is 1.75. The number of aryl methyl sites for hydroxylation is 1. The SMILES string of the molecule is CCc1nc(N2CCC3(CCCC3)CC2)sc1CO. The van der Waals surface area contributed by atoms with Gasteiger partial charge in [-0.05, 0) is 37.5 Å². The molecule has 106 valence electrons. The Morgan fingerprint density at radius 1 is 1.21 bits per heavy atom. The molecule has 1 aromatic rings. The van der Waals surface area contributed by atoms with E-state index in [0.29, 0.717) is 5.41 Å². The van der Waals surface area contributed by atoms with E-state index in [1.165, 1.54) is 38.5 Å². The van der Waals surface area contributed by atoms with Gasteiger partial charge in [-0.25, -0.2) is 4.98 Å². The van der Waals surface area contributed by atoms with Gasteiger partial charge in [0, 0.05) is 13.1 Å². The Hall–Kier alpha value is -0.610. The van der Waals surface area contributed by atoms with Crippen LogP contribution in [0.15, 0.2) is 0 Å². The number of anilines is 1. The molecule has 0 radical (unpaired) electrons. The molecule has 4 heteroatoms. The van der Waals surface area contributed by atoms with Gasteiger partial charge < -0.3 is 10.0 Å². The first kappa shape index (κ1) is 13.4. The highest BCUT2D eigenvalue weighted by molar-refractivity contribution is 7.15. The van der Waals surface area contributed by atoms with E-state index in [0.717, 1.165) is 35.2 Å². The number of hydrogen-bond acceptors (Lipinski definition) is 4. The standard InChI is InChI=1S/C15H24N2OS/c1-2-12-13(11-18)19-14(16-12)17-9-7-15(8-10-17)5-3-4-6-15/h18H,2-11H2,1H3. The molecule has 0 aromatic carbocycles. The van der Waals surface area contributed by atoms with E-state index in [1.54, 1.807) is 11.3 Å². The molecule has 3 nitrogen and oxygen atoms in total. The fraction of sp³-hybridized carbons (Fsp3) is 0.800. The summed E-state index contributed by atoms with van der Waals surface area (Å²) in [6.07, 6.45) is 9.36. The van der Waals surface area contributed by atoms with Gasteiger partial charge in [0.2, 0.25) is 0 Å². The Morgan fingerprint density at radius 3 is 2.42 bits per heavy atom. The van der Waals surface area contributed by atoms with Gasteiger partial charge in [0.05, 0.1) is 17.2 Å². The number of piperidine rings is 1. The van der Waals surface area contributed by atoms with Crippen molar-refractivity contribution in [1.29, 1.82) is 0 Å². The fourth-order valence-electron chi connectivity index (χ4n) is 3.70. The molecule has 1 saturated carbocycles. The maximum atomic E-state index is 9.38. The van der Waals surface area contributed by atoms with E-state index < -0.39 is 0 Å². The van der Waals surface area contributed by atoms with Crippen LogP contribution in [-0.4, -0.2) is 23.2 Å². The first-order valence-electron chi connectivity index (χ1n) is 7.61. The molecule has 2 aliphatic rings. The zero-order chi connectivity index (χ0) is 13.3. The molecule has 0 amide bonds. The Bertz CT molecular complexity index is 406. The van der Waals surface area contributed by atoms with E-state index in [2.05, 4.69) is 11.8 Å². The van der Waals surface area contributed by atoms with Crippen molar-refractivity contribution in [3.63, 3.8) is 0 Å². The van der Waals surface area contributed by atoms with Gasteiger partial charge in [0.1, 0.15) is 0 Å². The van der Waals surface area contributed by atoms with Crippen LogP contribution in [0.1, 0.15) is 56.0 Å². The van der Waals surface area contributed by atoms with Crippen molar-refractivity contribution in [2.24, 2.45) is 5.41 Å². The first-order chi connectivity index (χ1) is 9.26. The molecule has 2 fully saturated rings. The lowest BCUT2D eigenvalue weighted by atomic mass is 9.77. The monoisotopic (exact) mass is 280 g/mol. The highest BCUT2D eigenvalue weighted by atomic mass is 32.1. The van der Waals surface area contributed by atoms with Crippen LogP contribution in [0.5, 0.6) is 0 Å². The van der Waals surface area contributed by atoms with Gasteiger partial charge in [-0.15, -0.1) is 0 Å². The fourth-order valence-corrected chi connectivity index (χ4v) is 4.76. The Labute approximate surface area is 119 Å². The lowest BCUT2D eigenvalue weighted by molar-refractivity contribution is 0.226. The summed E-state index contributed by atoms with van der Waals surface area (Å²) in [6, 6.07) is 0. The van der Waals surface area contributed by atoms with Crippen molar-refractivity contribution in [3.8, 4) is 0 Å². The second kappa shape index (κ2) is 5.41. The molecule has 2 heterocycles. The van der Waals surface area contributed by atoms with Crippen molar-refractivity contribution in [2.45, 2.75) is 58.5 Å². The summed E-state index contributed by atoms with van der Waals surface area (Å²) < 4.78 is 0. The molecule has 1 aromatic heterocycles. The molecule has 1 aliphatic heterocycles. The number of hydrogen-bond donors (Lipinski definition) is 1. The molecule has 0 atom stereocenters. The summed E-state index contributed by atoms with van der Waals surface area (Å²) >= 11 is 1.69. The first-order valence-corrected chi connectivity index (χ1v) is 8.42. The van der Waals surface area contributed by atoms with Crippen LogP contribution in [0.2, 0.25) is 0 Å². The van der Waals surface area contributed by atoms with Crippen molar-refractivity contribution < 1.29 is 5.11 Å². The van der Waals surface area contributed by atoms with Gasteiger partial charge in [-0.1, -0.05) is 31.1 Å². The lowest BCUT2D eigenvalue weighted by Gasteiger charge is -2.39. The molecular formula is C15H24N2OS. The number of rotatable bonds is 3. The lowest BCUT2D eigenvalue weighted by Crippen LogP contribution is -2.38. The molecule has 1 saturated heterocycles. The molecule has 0 unspecified atom stereocenters. The van der Waals surface area contributed by atoms with E-state index in [-0.39, 0.29) is 6.61 Å². The second-order valence-electron chi connectivity index (χ2n) is 6.07. The van der Waals surface area contributed by atoms with Crippen LogP contribution < -0.4 is 4.90 Å². The minimum absolute atomic E-state index is 0.138. The van der Waals surface area contributed by atoms with Crippen molar-refractivity contribution in [2.75, 3.05) is 18.0 Å². The maximum Gasteiger partial charge on any atom is 0.185 e. The summed E-state index contributed by atoms with van der Waals surface area (Å²) in [5, 5.41) is 10.5. The third kappa shape index (κ3) is 2.52. The van der Waals surface area contributed by atoms with Crippen molar-refractivity contribution in [3.05, 3.63) is 10.6 Å². The van der Waals surface area contributed by atoms with Gasteiger partial charge in [-0.3, -0.25) is 0 Å². The third-order valence-electron chi connectivity index (χ3n) is 5.00. The quantitative estimate of drug-likeness (QED) is 0.922. The number of nitrogens with zero attached hydrogens (tertiary/aromatic N) is 2. The maximum absolute atomic E-state index is 9.38. The highest BCUT2D eigenvalue weighted by Gasteiger charge is 2.37. The third-order valence-corrected chi connectivity index (χ3v) is 6.15. The predicted octanol–water partition coefficient (Wildman–Crippen LogP) is 3.36. The van der Waals surface area contributed by atoms with E-state index in [4.69, 9.17) is 4.98 Å². The summed E-state index contributed by atoms with van der Waals surface area (Å²) in [6.45, 7) is 4.56. The van der Waals surface area contributed by atoms with Crippen LogP contribution in [0.3, 0.4) is 0 Å². The number of aliphatic hydroxyl groups excluding tert-OH is 1. The van der Waals surface area contributed by atoms with Gasteiger partial charge in [-0.2, -0.15) is 0 Å². The molecule has 0 bridgehead atoms. The molecule has 1 spiro atoms. The molecular weight excluding hydrogens is 256 g/mol. The molecule has 1 aliphatic carbocycles. The minimum Gasteiger partial charge on any atom is -0.391 e. The smallest absolute Gasteiger partial charge is 0.185 e. The number of aliphatic hydroxyl groups is 1. The van der Waals surface area contributed by atoms with E-state index in [1.807, 2.05) is 0 Å². The second-order valence-corrected chi connectivity index (χ2v) is 7.13. The predicted molar refractivity (Wildman–Crippen MR) is 79.8 cm³/mol. The van der Waals surface area contributed by atoms with Crippen LogP contribution >= 0.6 is 11.3 Å². The van der Waals surface area contributed by atoms with Crippen molar-refractivity contribution in [1.82, 2.24) is 4.98 Å². The minimum atomic E-state index is 0.138. The van der Waals surface area contributed by atoms with Crippen LogP contribution in [0.25, 0.3) is 0 Å². The topological polar surface area (TPSA) is 36.4 Å². The summed E-state index contributed by atoms with van der Waals surface area (Å²) in [7, 11) is 0. The Kier molecular flexibility index (Phi) is 3.81. The summed E-state index contributed by atoms with van der Waals surface area (Å²) in [4.78, 5) is 8.21. The molecule has 3 rings (SSSR count).